The summed E-state index contributed by atoms with van der Waals surface area (Å²) in [6, 6.07) is 4.14. The first kappa shape index (κ1) is 11.1. The molecule has 0 aliphatic carbocycles. The molecular formula is C10H8BrF2N3. The summed E-state index contributed by atoms with van der Waals surface area (Å²) in [4.78, 5) is 0. The molecule has 0 saturated carbocycles. The maximum Gasteiger partial charge on any atom is 0.150 e. The lowest BCUT2D eigenvalue weighted by atomic mass is 10.3. The molecule has 0 bridgehead atoms. The van der Waals surface area contributed by atoms with Crippen molar-refractivity contribution in [2.75, 3.05) is 5.32 Å². The van der Waals surface area contributed by atoms with Crippen LogP contribution >= 0.6 is 15.9 Å². The van der Waals surface area contributed by atoms with Gasteiger partial charge in [-0.2, -0.15) is 5.10 Å². The SMILES string of the molecule is Fc1cc(Br)cc(F)c1NCc1ccn[nH]1. The van der Waals surface area contributed by atoms with Crippen molar-refractivity contribution in [3.8, 4) is 0 Å². The number of rotatable bonds is 3. The minimum Gasteiger partial charge on any atom is -0.375 e. The monoisotopic (exact) mass is 287 g/mol. The summed E-state index contributed by atoms with van der Waals surface area (Å²) in [6.07, 6.45) is 1.57. The molecule has 6 heteroatoms. The zero-order valence-electron chi connectivity index (χ0n) is 8.10. The highest BCUT2D eigenvalue weighted by molar-refractivity contribution is 9.10. The molecule has 0 atom stereocenters. The number of nitrogens with zero attached hydrogens (tertiary/aromatic N) is 1. The van der Waals surface area contributed by atoms with Gasteiger partial charge >= 0.3 is 0 Å². The second kappa shape index (κ2) is 4.61. The van der Waals surface area contributed by atoms with Crippen molar-refractivity contribution >= 4 is 21.6 Å². The van der Waals surface area contributed by atoms with E-state index < -0.39 is 11.6 Å². The lowest BCUT2D eigenvalue weighted by Crippen LogP contribution is -2.04. The molecule has 0 aliphatic heterocycles. The van der Waals surface area contributed by atoms with Crippen LogP contribution in [0.3, 0.4) is 0 Å². The Bertz CT molecular complexity index is 462. The number of hydrogen-bond acceptors (Lipinski definition) is 2. The van der Waals surface area contributed by atoms with Crippen molar-refractivity contribution < 1.29 is 8.78 Å². The lowest BCUT2D eigenvalue weighted by molar-refractivity contribution is 0.586. The predicted octanol–water partition coefficient (Wildman–Crippen LogP) is 3.06. The Morgan fingerprint density at radius 2 is 2.00 bits per heavy atom. The first-order valence-corrected chi connectivity index (χ1v) is 5.33. The van der Waals surface area contributed by atoms with Crippen LogP contribution < -0.4 is 5.32 Å². The number of H-pyrrole nitrogens is 1. The number of aromatic amines is 1. The van der Waals surface area contributed by atoms with Gasteiger partial charge in [0.2, 0.25) is 0 Å². The largest absolute Gasteiger partial charge is 0.375 e. The Hall–Kier alpha value is -1.43. The van der Waals surface area contributed by atoms with Crippen molar-refractivity contribution in [2.24, 2.45) is 0 Å². The van der Waals surface area contributed by atoms with E-state index in [1.807, 2.05) is 0 Å². The topological polar surface area (TPSA) is 40.7 Å². The van der Waals surface area contributed by atoms with Gasteiger partial charge in [0.05, 0.1) is 12.2 Å². The first-order chi connectivity index (χ1) is 7.66. The Morgan fingerprint density at radius 3 is 2.56 bits per heavy atom. The normalized spacial score (nSPS) is 10.4. The molecule has 1 heterocycles. The summed E-state index contributed by atoms with van der Waals surface area (Å²) in [6.45, 7) is 0.287. The van der Waals surface area contributed by atoms with Gasteiger partial charge in [0.1, 0.15) is 17.3 Å². The maximum absolute atomic E-state index is 13.4. The fourth-order valence-electron chi connectivity index (χ4n) is 1.28. The number of anilines is 1. The van der Waals surface area contributed by atoms with Gasteiger partial charge in [0.25, 0.3) is 0 Å². The van der Waals surface area contributed by atoms with Crippen molar-refractivity contribution in [3.05, 3.63) is 46.2 Å². The van der Waals surface area contributed by atoms with Crippen LogP contribution in [-0.2, 0) is 6.54 Å². The van der Waals surface area contributed by atoms with Gasteiger partial charge in [-0.05, 0) is 18.2 Å². The van der Waals surface area contributed by atoms with Crippen LogP contribution in [0.4, 0.5) is 14.5 Å². The van der Waals surface area contributed by atoms with E-state index in [2.05, 4.69) is 31.4 Å². The van der Waals surface area contributed by atoms with Crippen molar-refractivity contribution in [1.82, 2.24) is 10.2 Å². The molecule has 2 N–H and O–H groups in total. The Morgan fingerprint density at radius 1 is 1.31 bits per heavy atom. The highest BCUT2D eigenvalue weighted by Gasteiger charge is 2.10. The quantitative estimate of drug-likeness (QED) is 0.911. The molecule has 2 aromatic rings. The zero-order chi connectivity index (χ0) is 11.5. The molecule has 0 radical (unpaired) electrons. The molecule has 0 saturated heterocycles. The average molecular weight is 288 g/mol. The van der Waals surface area contributed by atoms with Crippen molar-refractivity contribution in [3.63, 3.8) is 0 Å². The van der Waals surface area contributed by atoms with Gasteiger partial charge in [0, 0.05) is 10.7 Å². The molecule has 84 valence electrons. The molecule has 0 unspecified atom stereocenters. The van der Waals surface area contributed by atoms with E-state index in [9.17, 15) is 8.78 Å². The third-order valence-corrected chi connectivity index (χ3v) is 2.48. The smallest absolute Gasteiger partial charge is 0.150 e. The molecular weight excluding hydrogens is 280 g/mol. The fourth-order valence-corrected chi connectivity index (χ4v) is 1.68. The summed E-state index contributed by atoms with van der Waals surface area (Å²) < 4.78 is 27.1. The summed E-state index contributed by atoms with van der Waals surface area (Å²) >= 11 is 3.01. The molecule has 2 rings (SSSR count). The standard InChI is InChI=1S/C10H8BrF2N3/c11-6-3-8(12)10(9(13)4-6)14-5-7-1-2-15-16-7/h1-4,14H,5H2,(H,15,16). The second-order valence-electron chi connectivity index (χ2n) is 3.18. The molecule has 0 aliphatic rings. The van der Waals surface area contributed by atoms with E-state index >= 15 is 0 Å². The van der Waals surface area contributed by atoms with Crippen LogP contribution in [0, 0.1) is 11.6 Å². The molecule has 1 aromatic heterocycles. The molecule has 16 heavy (non-hydrogen) atoms. The summed E-state index contributed by atoms with van der Waals surface area (Å²) in [5, 5.41) is 9.09. The second-order valence-corrected chi connectivity index (χ2v) is 4.10. The van der Waals surface area contributed by atoms with Crippen molar-refractivity contribution in [1.29, 1.82) is 0 Å². The van der Waals surface area contributed by atoms with Crippen LogP contribution in [0.15, 0.2) is 28.9 Å². The van der Waals surface area contributed by atoms with E-state index in [0.717, 1.165) is 5.69 Å². The third kappa shape index (κ3) is 2.38. The lowest BCUT2D eigenvalue weighted by Gasteiger charge is -2.07. The number of benzene rings is 1. The van der Waals surface area contributed by atoms with Gasteiger partial charge in [-0.3, -0.25) is 5.10 Å². The Balaban J connectivity index is 2.15. The molecule has 0 spiro atoms. The molecule has 1 aromatic carbocycles. The minimum absolute atomic E-state index is 0.141. The Labute approximate surface area is 99.0 Å². The summed E-state index contributed by atoms with van der Waals surface area (Å²) in [7, 11) is 0. The number of aromatic nitrogens is 2. The predicted molar refractivity (Wildman–Crippen MR) is 60.0 cm³/mol. The summed E-state index contributed by atoms with van der Waals surface area (Å²) in [5.74, 6) is -1.27. The Kier molecular flexibility index (Phi) is 3.19. The molecule has 0 amide bonds. The molecule has 0 fully saturated rings. The van der Waals surface area contributed by atoms with Gasteiger partial charge in [-0.25, -0.2) is 8.78 Å². The zero-order valence-corrected chi connectivity index (χ0v) is 9.68. The summed E-state index contributed by atoms with van der Waals surface area (Å²) in [5.41, 5.74) is 0.611. The molecule has 3 nitrogen and oxygen atoms in total. The van der Waals surface area contributed by atoms with E-state index in [1.165, 1.54) is 12.1 Å². The van der Waals surface area contributed by atoms with Crippen LogP contribution in [0.5, 0.6) is 0 Å². The first-order valence-electron chi connectivity index (χ1n) is 4.53. The number of halogens is 3. The maximum atomic E-state index is 13.4. The van der Waals surface area contributed by atoms with E-state index in [0.29, 0.717) is 4.47 Å². The van der Waals surface area contributed by atoms with Gasteiger partial charge in [0.15, 0.2) is 0 Å². The van der Waals surface area contributed by atoms with Crippen molar-refractivity contribution in [2.45, 2.75) is 6.54 Å². The van der Waals surface area contributed by atoms with Gasteiger partial charge < -0.3 is 5.32 Å². The number of hydrogen-bond donors (Lipinski definition) is 2. The third-order valence-electron chi connectivity index (χ3n) is 2.02. The van der Waals surface area contributed by atoms with Crippen LogP contribution in [0.25, 0.3) is 0 Å². The highest BCUT2D eigenvalue weighted by atomic mass is 79.9. The van der Waals surface area contributed by atoms with Crippen LogP contribution in [0.2, 0.25) is 0 Å². The van der Waals surface area contributed by atoms with E-state index in [-0.39, 0.29) is 12.2 Å². The van der Waals surface area contributed by atoms with Crippen LogP contribution in [0.1, 0.15) is 5.69 Å². The van der Waals surface area contributed by atoms with Crippen LogP contribution in [-0.4, -0.2) is 10.2 Å². The average Bonchev–Trinajstić information content (AvgIpc) is 2.68. The van der Waals surface area contributed by atoms with Gasteiger partial charge in [-0.1, -0.05) is 15.9 Å². The van der Waals surface area contributed by atoms with E-state index in [4.69, 9.17) is 0 Å². The fraction of sp³-hybridized carbons (Fsp3) is 0.100. The van der Waals surface area contributed by atoms with Gasteiger partial charge in [-0.15, -0.1) is 0 Å². The number of nitrogens with one attached hydrogen (secondary N) is 2. The van der Waals surface area contributed by atoms with E-state index in [1.54, 1.807) is 12.3 Å². The highest BCUT2D eigenvalue weighted by Crippen LogP contribution is 2.23. The minimum atomic E-state index is -0.633.